The number of rotatable bonds is 0. The van der Waals surface area contributed by atoms with Gasteiger partial charge in [0.05, 0.1) is 5.69 Å². The molecule has 0 aromatic carbocycles. The van der Waals surface area contributed by atoms with E-state index in [9.17, 15) is 5.11 Å². The van der Waals surface area contributed by atoms with Crippen LogP contribution < -0.4 is 22.3 Å². The fraction of sp³-hybridized carbons (Fsp3) is 0. The Morgan fingerprint density at radius 2 is 1.60 bits per heavy atom. The van der Waals surface area contributed by atoms with E-state index in [2.05, 4.69) is 9.97 Å². The molecule has 10 nitrogen and oxygen atoms in total. The molecular formula is C4H7N5O5S-2. The van der Waals surface area contributed by atoms with Gasteiger partial charge in [-0.15, -0.1) is 0 Å². The van der Waals surface area contributed by atoms with E-state index in [-0.39, 0.29) is 17.5 Å². The number of nitrogens with zero attached hydrogens (tertiary/aromatic N) is 2. The van der Waals surface area contributed by atoms with E-state index in [4.69, 9.17) is 34.7 Å². The molecular weight excluding hydrogens is 230 g/mol. The first-order chi connectivity index (χ1) is 6.61. The van der Waals surface area contributed by atoms with Gasteiger partial charge in [-0.25, -0.2) is 13.4 Å². The van der Waals surface area contributed by atoms with Crippen LogP contribution in [0.5, 0.6) is 5.88 Å². The van der Waals surface area contributed by atoms with E-state index in [0.717, 1.165) is 0 Å². The molecule has 0 spiro atoms. The molecule has 0 unspecified atom stereocenters. The molecule has 86 valence electrons. The van der Waals surface area contributed by atoms with Gasteiger partial charge in [0.15, 0.2) is 5.82 Å². The molecule has 0 atom stereocenters. The lowest BCUT2D eigenvalue weighted by Gasteiger charge is -2.09. The molecule has 1 aromatic rings. The molecule has 0 amide bonds. The van der Waals surface area contributed by atoms with E-state index in [1.54, 1.807) is 0 Å². The van der Waals surface area contributed by atoms with Crippen molar-refractivity contribution in [1.29, 1.82) is 0 Å². The number of hydrogen-bond acceptors (Lipinski definition) is 9. The van der Waals surface area contributed by atoms with Gasteiger partial charge in [0, 0.05) is 5.88 Å². The van der Waals surface area contributed by atoms with Gasteiger partial charge in [0.1, 0.15) is 0 Å². The van der Waals surface area contributed by atoms with Crippen LogP contribution in [-0.2, 0) is 10.4 Å². The highest BCUT2D eigenvalue weighted by Crippen LogP contribution is 2.19. The van der Waals surface area contributed by atoms with Gasteiger partial charge in [0.2, 0.25) is 16.3 Å². The Hall–Kier alpha value is -1.85. The Morgan fingerprint density at radius 3 is 1.93 bits per heavy atom. The van der Waals surface area contributed by atoms with Crippen LogP contribution in [0, 0.1) is 0 Å². The minimum absolute atomic E-state index is 0.0718. The predicted molar refractivity (Wildman–Crippen MR) is 47.0 cm³/mol. The highest BCUT2D eigenvalue weighted by Gasteiger charge is 1.97. The first kappa shape index (κ1) is 13.2. The van der Waals surface area contributed by atoms with Crippen molar-refractivity contribution >= 4 is 27.9 Å². The van der Waals surface area contributed by atoms with E-state index >= 15 is 0 Å². The SMILES string of the molecule is Nc1nc(N)c(N)c([O-])n1.O=S(=O)([O-])O. The Balaban J connectivity index is 0.000000336. The summed E-state index contributed by atoms with van der Waals surface area (Å²) in [5, 5.41) is 10.6. The van der Waals surface area contributed by atoms with Crippen molar-refractivity contribution in [2.75, 3.05) is 17.2 Å². The van der Waals surface area contributed by atoms with Crippen LogP contribution in [0.25, 0.3) is 0 Å². The van der Waals surface area contributed by atoms with Crippen LogP contribution in [0.15, 0.2) is 0 Å². The third-order valence-electron chi connectivity index (χ3n) is 0.957. The molecule has 0 aliphatic rings. The predicted octanol–water partition coefficient (Wildman–Crippen LogP) is -2.70. The van der Waals surface area contributed by atoms with Crippen LogP contribution in [-0.4, -0.2) is 27.5 Å². The average molecular weight is 237 g/mol. The fourth-order valence-corrected chi connectivity index (χ4v) is 0.482. The summed E-state index contributed by atoms with van der Waals surface area (Å²) in [4.78, 5) is 6.69. The first-order valence-corrected chi connectivity index (χ1v) is 4.51. The van der Waals surface area contributed by atoms with Crippen molar-refractivity contribution in [3.63, 3.8) is 0 Å². The molecule has 1 aromatic heterocycles. The maximum absolute atomic E-state index is 10.6. The van der Waals surface area contributed by atoms with Gasteiger partial charge in [-0.2, -0.15) is 4.98 Å². The second kappa shape index (κ2) is 4.59. The molecule has 0 saturated carbocycles. The normalized spacial score (nSPS) is 10.3. The van der Waals surface area contributed by atoms with Crippen molar-refractivity contribution in [3.05, 3.63) is 0 Å². The summed E-state index contributed by atoms with van der Waals surface area (Å²) >= 11 is 0. The quantitative estimate of drug-likeness (QED) is 0.271. The molecule has 7 N–H and O–H groups in total. The Bertz CT molecular complexity index is 414. The summed E-state index contributed by atoms with van der Waals surface area (Å²) in [5.41, 5.74) is 15.2. The van der Waals surface area contributed by atoms with Gasteiger partial charge in [-0.1, -0.05) is 0 Å². The highest BCUT2D eigenvalue weighted by atomic mass is 32.3. The second-order valence-corrected chi connectivity index (χ2v) is 2.97. The van der Waals surface area contributed by atoms with Crippen molar-refractivity contribution in [3.8, 4) is 5.88 Å². The minimum atomic E-state index is -4.92. The summed E-state index contributed by atoms with van der Waals surface area (Å²) in [7, 11) is -4.92. The molecule has 0 fully saturated rings. The van der Waals surface area contributed by atoms with Gasteiger partial charge in [-0.05, 0) is 0 Å². The Morgan fingerprint density at radius 1 is 1.20 bits per heavy atom. The largest absolute Gasteiger partial charge is 0.857 e. The van der Waals surface area contributed by atoms with Crippen LogP contribution in [0.4, 0.5) is 17.5 Å². The van der Waals surface area contributed by atoms with Crippen LogP contribution in [0.3, 0.4) is 0 Å². The van der Waals surface area contributed by atoms with Crippen molar-refractivity contribution in [1.82, 2.24) is 9.97 Å². The average Bonchev–Trinajstić information content (AvgIpc) is 1.96. The van der Waals surface area contributed by atoms with Gasteiger partial charge >= 0.3 is 0 Å². The topological polar surface area (TPSA) is 204 Å². The van der Waals surface area contributed by atoms with E-state index < -0.39 is 16.3 Å². The lowest BCUT2D eigenvalue weighted by Crippen LogP contribution is -2.08. The van der Waals surface area contributed by atoms with Crippen LogP contribution >= 0.6 is 0 Å². The van der Waals surface area contributed by atoms with E-state index in [1.165, 1.54) is 0 Å². The lowest BCUT2D eigenvalue weighted by atomic mass is 10.5. The molecule has 0 bridgehead atoms. The van der Waals surface area contributed by atoms with Gasteiger partial charge in [-0.3, -0.25) is 4.55 Å². The summed E-state index contributed by atoms with van der Waals surface area (Å²) in [5.74, 6) is -0.862. The zero-order valence-electron chi connectivity index (χ0n) is 7.11. The molecule has 11 heteroatoms. The van der Waals surface area contributed by atoms with E-state index in [1.807, 2.05) is 0 Å². The summed E-state index contributed by atoms with van der Waals surface area (Å²) in [6.45, 7) is 0. The van der Waals surface area contributed by atoms with Crippen molar-refractivity contribution < 1.29 is 22.6 Å². The maximum atomic E-state index is 10.6. The summed E-state index contributed by atoms with van der Waals surface area (Å²) < 4.78 is 32.8. The standard InChI is InChI=1S/C4H7N5O.H2O4S/c5-1-2(6)8-4(7)9-3(1)10;1-5(2,3)4/h5H2,(H5,6,7,8,9,10);(H2,1,2,3,4)/p-2. The lowest BCUT2D eigenvalue weighted by molar-refractivity contribution is -0.273. The number of anilines is 3. The zero-order valence-corrected chi connectivity index (χ0v) is 7.93. The molecule has 0 aliphatic carbocycles. The zero-order chi connectivity index (χ0) is 12.2. The Labute approximate surface area is 84.3 Å². The number of nitrogens with two attached hydrogens (primary N) is 3. The third kappa shape index (κ3) is 6.25. The molecule has 1 heterocycles. The number of hydrogen-bond donors (Lipinski definition) is 4. The molecule has 1 rings (SSSR count). The highest BCUT2D eigenvalue weighted by molar-refractivity contribution is 7.79. The van der Waals surface area contributed by atoms with Crippen molar-refractivity contribution in [2.45, 2.75) is 0 Å². The second-order valence-electron chi connectivity index (χ2n) is 2.11. The van der Waals surface area contributed by atoms with Gasteiger partial charge in [0.25, 0.3) is 0 Å². The maximum Gasteiger partial charge on any atom is 0.221 e. The fourth-order valence-electron chi connectivity index (χ4n) is 0.482. The number of aromatic nitrogens is 2. The smallest absolute Gasteiger partial charge is 0.221 e. The molecule has 0 aliphatic heterocycles. The monoisotopic (exact) mass is 237 g/mol. The number of nitrogen functional groups attached to an aromatic ring is 3. The summed E-state index contributed by atoms with van der Waals surface area (Å²) in [6, 6.07) is 0. The molecule has 0 radical (unpaired) electrons. The third-order valence-corrected chi connectivity index (χ3v) is 0.957. The van der Waals surface area contributed by atoms with Gasteiger partial charge < -0.3 is 26.9 Å². The minimum Gasteiger partial charge on any atom is -0.857 e. The molecule has 15 heavy (non-hydrogen) atoms. The van der Waals surface area contributed by atoms with Crippen LogP contribution in [0.1, 0.15) is 0 Å². The first-order valence-electron chi connectivity index (χ1n) is 3.15. The van der Waals surface area contributed by atoms with Crippen molar-refractivity contribution in [2.24, 2.45) is 0 Å². The summed E-state index contributed by atoms with van der Waals surface area (Å²) in [6.07, 6.45) is 0. The van der Waals surface area contributed by atoms with E-state index in [0.29, 0.717) is 0 Å². The molecule has 0 saturated heterocycles. The Kier molecular flexibility index (Phi) is 4.02. The van der Waals surface area contributed by atoms with Crippen LogP contribution in [0.2, 0.25) is 0 Å².